The highest BCUT2D eigenvalue weighted by Gasteiger charge is 2.22. The lowest BCUT2D eigenvalue weighted by Crippen LogP contribution is -2.39. The van der Waals surface area contributed by atoms with Crippen molar-refractivity contribution in [1.29, 1.82) is 0 Å². The number of halogens is 1. The molecule has 2 N–H and O–H groups in total. The SMILES string of the molecule is CCOC(=O)C(N)C(C)Cc1ccccc1Br. The molecule has 4 heteroatoms. The number of benzene rings is 1. The predicted octanol–water partition coefficient (Wildman–Crippen LogP) is 2.52. The highest BCUT2D eigenvalue weighted by Crippen LogP contribution is 2.20. The van der Waals surface area contributed by atoms with E-state index in [4.69, 9.17) is 10.5 Å². The number of ether oxygens (including phenoxy) is 1. The van der Waals surface area contributed by atoms with Crippen molar-refractivity contribution in [3.05, 3.63) is 34.3 Å². The molecule has 0 saturated heterocycles. The van der Waals surface area contributed by atoms with E-state index in [0.29, 0.717) is 6.61 Å². The molecule has 0 radical (unpaired) electrons. The third-order valence-corrected chi connectivity index (χ3v) is 3.45. The first-order valence-corrected chi connectivity index (χ1v) is 6.51. The second-order valence-corrected chi connectivity index (χ2v) is 4.90. The number of nitrogens with two attached hydrogens (primary N) is 1. The van der Waals surface area contributed by atoms with Gasteiger partial charge < -0.3 is 10.5 Å². The monoisotopic (exact) mass is 299 g/mol. The molecule has 0 spiro atoms. The van der Waals surface area contributed by atoms with E-state index >= 15 is 0 Å². The molecule has 0 saturated carbocycles. The summed E-state index contributed by atoms with van der Waals surface area (Å²) in [5.41, 5.74) is 7.01. The minimum atomic E-state index is -0.568. The number of hydrogen-bond donors (Lipinski definition) is 1. The molecule has 0 aliphatic carbocycles. The van der Waals surface area contributed by atoms with E-state index in [0.717, 1.165) is 16.5 Å². The van der Waals surface area contributed by atoms with Crippen LogP contribution in [0.2, 0.25) is 0 Å². The quantitative estimate of drug-likeness (QED) is 0.850. The normalized spacial score (nSPS) is 14.1. The van der Waals surface area contributed by atoms with Crippen LogP contribution in [0.25, 0.3) is 0 Å². The van der Waals surface area contributed by atoms with Crippen molar-refractivity contribution in [2.45, 2.75) is 26.3 Å². The maximum atomic E-state index is 11.5. The number of rotatable bonds is 5. The van der Waals surface area contributed by atoms with E-state index in [9.17, 15) is 4.79 Å². The summed E-state index contributed by atoms with van der Waals surface area (Å²) in [6, 6.07) is 7.38. The molecule has 1 aromatic carbocycles. The van der Waals surface area contributed by atoms with Crippen molar-refractivity contribution < 1.29 is 9.53 Å². The van der Waals surface area contributed by atoms with Gasteiger partial charge in [-0.3, -0.25) is 4.79 Å². The van der Waals surface area contributed by atoms with Gasteiger partial charge in [-0.25, -0.2) is 0 Å². The van der Waals surface area contributed by atoms with Gasteiger partial charge in [0.15, 0.2) is 0 Å². The first-order chi connectivity index (χ1) is 8.06. The van der Waals surface area contributed by atoms with Crippen molar-refractivity contribution in [2.24, 2.45) is 11.7 Å². The molecule has 17 heavy (non-hydrogen) atoms. The first kappa shape index (κ1) is 14.2. The Balaban J connectivity index is 2.63. The van der Waals surface area contributed by atoms with Crippen molar-refractivity contribution in [2.75, 3.05) is 6.61 Å². The fourth-order valence-corrected chi connectivity index (χ4v) is 2.06. The standard InChI is InChI=1S/C13H18BrNO2/c1-3-17-13(16)12(15)9(2)8-10-6-4-5-7-11(10)14/h4-7,9,12H,3,8,15H2,1-2H3. The van der Waals surface area contributed by atoms with Gasteiger partial charge in [0.25, 0.3) is 0 Å². The Morgan fingerprint density at radius 1 is 1.47 bits per heavy atom. The van der Waals surface area contributed by atoms with Crippen LogP contribution in [0.4, 0.5) is 0 Å². The second kappa shape index (κ2) is 6.77. The smallest absolute Gasteiger partial charge is 0.323 e. The van der Waals surface area contributed by atoms with E-state index < -0.39 is 6.04 Å². The lowest BCUT2D eigenvalue weighted by Gasteiger charge is -2.18. The maximum Gasteiger partial charge on any atom is 0.323 e. The fraction of sp³-hybridized carbons (Fsp3) is 0.462. The van der Waals surface area contributed by atoms with Gasteiger partial charge >= 0.3 is 5.97 Å². The average Bonchev–Trinajstić information content (AvgIpc) is 2.31. The van der Waals surface area contributed by atoms with Crippen molar-refractivity contribution >= 4 is 21.9 Å². The second-order valence-electron chi connectivity index (χ2n) is 4.05. The minimum Gasteiger partial charge on any atom is -0.465 e. The molecule has 0 aromatic heterocycles. The molecular formula is C13H18BrNO2. The zero-order chi connectivity index (χ0) is 12.8. The molecule has 2 unspecified atom stereocenters. The summed E-state index contributed by atoms with van der Waals surface area (Å²) in [5, 5.41) is 0. The highest BCUT2D eigenvalue weighted by atomic mass is 79.9. The van der Waals surface area contributed by atoms with Gasteiger partial charge in [-0.2, -0.15) is 0 Å². The van der Waals surface area contributed by atoms with Crippen LogP contribution in [0, 0.1) is 5.92 Å². The predicted molar refractivity (Wildman–Crippen MR) is 71.6 cm³/mol. The Bertz CT molecular complexity index is 381. The molecule has 0 bridgehead atoms. The lowest BCUT2D eigenvalue weighted by molar-refractivity contribution is -0.145. The average molecular weight is 300 g/mol. The molecule has 0 heterocycles. The van der Waals surface area contributed by atoms with E-state index in [-0.39, 0.29) is 11.9 Å². The third kappa shape index (κ3) is 4.13. The molecule has 1 rings (SSSR count). The van der Waals surface area contributed by atoms with Crippen LogP contribution in [0.1, 0.15) is 19.4 Å². The zero-order valence-electron chi connectivity index (χ0n) is 10.2. The van der Waals surface area contributed by atoms with Gasteiger partial charge in [0.2, 0.25) is 0 Å². The van der Waals surface area contributed by atoms with Crippen LogP contribution in [-0.4, -0.2) is 18.6 Å². The Kier molecular flexibility index (Phi) is 5.65. The van der Waals surface area contributed by atoms with Crippen LogP contribution in [0.3, 0.4) is 0 Å². The molecule has 94 valence electrons. The van der Waals surface area contributed by atoms with E-state index in [1.807, 2.05) is 31.2 Å². The van der Waals surface area contributed by atoms with Crippen molar-refractivity contribution in [1.82, 2.24) is 0 Å². The van der Waals surface area contributed by atoms with Crippen molar-refractivity contribution in [3.63, 3.8) is 0 Å². The van der Waals surface area contributed by atoms with Crippen LogP contribution in [0.15, 0.2) is 28.7 Å². The summed E-state index contributed by atoms with van der Waals surface area (Å²) in [5.74, 6) is -0.278. The summed E-state index contributed by atoms with van der Waals surface area (Å²) in [6.07, 6.45) is 0.751. The summed E-state index contributed by atoms with van der Waals surface area (Å²) < 4.78 is 5.96. The van der Waals surface area contributed by atoms with E-state index in [1.165, 1.54) is 0 Å². The van der Waals surface area contributed by atoms with Crippen LogP contribution < -0.4 is 5.73 Å². The van der Waals surface area contributed by atoms with Gasteiger partial charge in [0, 0.05) is 4.47 Å². The van der Waals surface area contributed by atoms with Gasteiger partial charge in [0.1, 0.15) is 6.04 Å². The number of hydrogen-bond acceptors (Lipinski definition) is 3. The van der Waals surface area contributed by atoms with Crippen LogP contribution in [0.5, 0.6) is 0 Å². The number of carbonyl (C=O) groups excluding carboxylic acids is 1. The molecule has 3 nitrogen and oxygen atoms in total. The molecule has 2 atom stereocenters. The van der Waals surface area contributed by atoms with Crippen LogP contribution >= 0.6 is 15.9 Å². The van der Waals surface area contributed by atoms with Gasteiger partial charge in [-0.15, -0.1) is 0 Å². The topological polar surface area (TPSA) is 52.3 Å². The zero-order valence-corrected chi connectivity index (χ0v) is 11.7. The van der Waals surface area contributed by atoms with Gasteiger partial charge in [0.05, 0.1) is 6.61 Å². The molecule has 1 aromatic rings. The number of carbonyl (C=O) groups is 1. The van der Waals surface area contributed by atoms with E-state index in [2.05, 4.69) is 15.9 Å². The van der Waals surface area contributed by atoms with Crippen molar-refractivity contribution in [3.8, 4) is 0 Å². The minimum absolute atomic E-state index is 0.0488. The molecule has 0 aliphatic rings. The van der Waals surface area contributed by atoms with Gasteiger partial charge in [-0.1, -0.05) is 41.1 Å². The third-order valence-electron chi connectivity index (χ3n) is 2.67. The largest absolute Gasteiger partial charge is 0.465 e. The fourth-order valence-electron chi connectivity index (χ4n) is 1.61. The maximum absolute atomic E-state index is 11.5. The Morgan fingerprint density at radius 3 is 2.71 bits per heavy atom. The first-order valence-electron chi connectivity index (χ1n) is 5.71. The summed E-state index contributed by atoms with van der Waals surface area (Å²) in [4.78, 5) is 11.5. The summed E-state index contributed by atoms with van der Waals surface area (Å²) in [6.45, 7) is 4.11. The molecule has 0 amide bonds. The molecule has 0 fully saturated rings. The molecular weight excluding hydrogens is 282 g/mol. The Labute approximate surface area is 110 Å². The van der Waals surface area contributed by atoms with E-state index in [1.54, 1.807) is 6.92 Å². The number of esters is 1. The Hall–Kier alpha value is -0.870. The van der Waals surface area contributed by atoms with Crippen LogP contribution in [-0.2, 0) is 16.0 Å². The summed E-state index contributed by atoms with van der Waals surface area (Å²) >= 11 is 3.48. The lowest BCUT2D eigenvalue weighted by atomic mass is 9.94. The van der Waals surface area contributed by atoms with Gasteiger partial charge in [-0.05, 0) is 30.9 Å². The molecule has 0 aliphatic heterocycles. The highest BCUT2D eigenvalue weighted by molar-refractivity contribution is 9.10. The Morgan fingerprint density at radius 2 is 2.12 bits per heavy atom. The summed E-state index contributed by atoms with van der Waals surface area (Å²) in [7, 11) is 0.